The molecule has 0 atom stereocenters. The molecule has 0 N–H and O–H groups in total. The number of thiophene rings is 1. The number of rotatable bonds is 1. The Morgan fingerprint density at radius 1 is 1.12 bits per heavy atom. The molecule has 1 aromatic heterocycles. The number of hydrogen-bond donors (Lipinski definition) is 0. The summed E-state index contributed by atoms with van der Waals surface area (Å²) in [6.07, 6.45) is 0. The van der Waals surface area contributed by atoms with E-state index < -0.39 is 0 Å². The summed E-state index contributed by atoms with van der Waals surface area (Å²) in [6, 6.07) is 3.84. The molecule has 1 fully saturated rings. The van der Waals surface area contributed by atoms with Crippen molar-refractivity contribution in [2.75, 3.05) is 26.2 Å². The van der Waals surface area contributed by atoms with E-state index in [1.165, 1.54) is 11.3 Å². The minimum Gasteiger partial charge on any atom is -0.339 e. The van der Waals surface area contributed by atoms with E-state index in [0.29, 0.717) is 26.2 Å². The summed E-state index contributed by atoms with van der Waals surface area (Å²) in [7, 11) is 0. The van der Waals surface area contributed by atoms with Gasteiger partial charge in [0.15, 0.2) is 0 Å². The van der Waals surface area contributed by atoms with Gasteiger partial charge in [0.1, 0.15) is 0 Å². The molecule has 0 saturated carbocycles. The van der Waals surface area contributed by atoms with Crippen molar-refractivity contribution in [2.45, 2.75) is 13.8 Å². The van der Waals surface area contributed by atoms with Crippen LogP contribution in [0.15, 0.2) is 12.1 Å². The van der Waals surface area contributed by atoms with Gasteiger partial charge in [-0.3, -0.25) is 9.59 Å². The summed E-state index contributed by atoms with van der Waals surface area (Å²) >= 11 is 1.52. The van der Waals surface area contributed by atoms with Crippen LogP contribution in [0, 0.1) is 6.92 Å². The van der Waals surface area contributed by atoms with Crippen molar-refractivity contribution in [1.29, 1.82) is 0 Å². The van der Waals surface area contributed by atoms with Crippen molar-refractivity contribution in [1.82, 2.24) is 9.80 Å². The van der Waals surface area contributed by atoms with Gasteiger partial charge in [-0.05, 0) is 19.1 Å². The first kappa shape index (κ1) is 12.1. The van der Waals surface area contributed by atoms with Gasteiger partial charge in [0.2, 0.25) is 5.91 Å². The fourth-order valence-electron chi connectivity index (χ4n) is 1.93. The lowest BCUT2D eigenvalue weighted by Gasteiger charge is -2.33. The molecule has 1 aliphatic rings. The first-order chi connectivity index (χ1) is 8.08. The topological polar surface area (TPSA) is 40.6 Å². The Morgan fingerprint density at radius 3 is 2.18 bits per heavy atom. The summed E-state index contributed by atoms with van der Waals surface area (Å²) in [5.41, 5.74) is 0. The lowest BCUT2D eigenvalue weighted by Crippen LogP contribution is -2.49. The number of carbonyl (C=O) groups is 2. The molecule has 17 heavy (non-hydrogen) atoms. The van der Waals surface area contributed by atoms with E-state index in [9.17, 15) is 9.59 Å². The van der Waals surface area contributed by atoms with Gasteiger partial charge in [-0.2, -0.15) is 0 Å². The van der Waals surface area contributed by atoms with E-state index in [1.54, 1.807) is 11.8 Å². The number of amides is 2. The average Bonchev–Trinajstić information content (AvgIpc) is 2.75. The van der Waals surface area contributed by atoms with E-state index in [4.69, 9.17) is 0 Å². The van der Waals surface area contributed by atoms with E-state index in [1.807, 2.05) is 24.0 Å². The Labute approximate surface area is 105 Å². The average molecular weight is 252 g/mol. The maximum atomic E-state index is 12.1. The first-order valence-electron chi connectivity index (χ1n) is 5.69. The summed E-state index contributed by atoms with van der Waals surface area (Å²) in [4.78, 5) is 28.8. The quantitative estimate of drug-likeness (QED) is 0.757. The molecule has 2 rings (SSSR count). The van der Waals surface area contributed by atoms with E-state index in [-0.39, 0.29) is 11.8 Å². The van der Waals surface area contributed by atoms with Gasteiger partial charge in [0, 0.05) is 38.0 Å². The van der Waals surface area contributed by atoms with Crippen LogP contribution in [0.5, 0.6) is 0 Å². The second kappa shape index (κ2) is 4.87. The molecule has 0 aliphatic carbocycles. The molecular weight excluding hydrogens is 236 g/mol. The molecule has 2 heterocycles. The molecule has 5 heteroatoms. The lowest BCUT2D eigenvalue weighted by molar-refractivity contribution is -0.130. The molecule has 1 aromatic rings. The lowest BCUT2D eigenvalue weighted by atomic mass is 10.3. The Kier molecular flexibility index (Phi) is 3.47. The van der Waals surface area contributed by atoms with Crippen LogP contribution in [-0.2, 0) is 4.79 Å². The second-order valence-corrected chi connectivity index (χ2v) is 5.50. The maximum absolute atomic E-state index is 12.1. The summed E-state index contributed by atoms with van der Waals surface area (Å²) in [5.74, 6) is 0.176. The SMILES string of the molecule is CC(=O)N1CCN(C(=O)c2ccc(C)s2)CC1. The van der Waals surface area contributed by atoms with Crippen LogP contribution in [0.25, 0.3) is 0 Å². The van der Waals surface area contributed by atoms with Crippen molar-refractivity contribution < 1.29 is 9.59 Å². The fourth-order valence-corrected chi connectivity index (χ4v) is 2.77. The third kappa shape index (κ3) is 2.66. The zero-order valence-electron chi connectivity index (χ0n) is 10.1. The van der Waals surface area contributed by atoms with Gasteiger partial charge >= 0.3 is 0 Å². The van der Waals surface area contributed by atoms with Crippen molar-refractivity contribution in [3.63, 3.8) is 0 Å². The summed E-state index contributed by atoms with van der Waals surface area (Å²) < 4.78 is 0. The predicted molar refractivity (Wildman–Crippen MR) is 67.2 cm³/mol. The minimum atomic E-state index is 0.0871. The smallest absolute Gasteiger partial charge is 0.264 e. The Hall–Kier alpha value is -1.36. The molecule has 2 amide bonds. The van der Waals surface area contributed by atoms with Gasteiger partial charge in [-0.25, -0.2) is 0 Å². The Balaban J connectivity index is 1.97. The highest BCUT2D eigenvalue weighted by Gasteiger charge is 2.23. The third-order valence-electron chi connectivity index (χ3n) is 2.96. The van der Waals surface area contributed by atoms with Gasteiger partial charge in [0.05, 0.1) is 4.88 Å². The molecule has 0 bridgehead atoms. The van der Waals surface area contributed by atoms with E-state index >= 15 is 0 Å². The minimum absolute atomic E-state index is 0.0871. The van der Waals surface area contributed by atoms with Crippen molar-refractivity contribution in [3.05, 3.63) is 21.9 Å². The van der Waals surface area contributed by atoms with Crippen LogP contribution in [0.4, 0.5) is 0 Å². The number of carbonyl (C=O) groups excluding carboxylic acids is 2. The normalized spacial score (nSPS) is 16.1. The van der Waals surface area contributed by atoms with Crippen molar-refractivity contribution in [2.24, 2.45) is 0 Å². The van der Waals surface area contributed by atoms with Crippen LogP contribution in [0.2, 0.25) is 0 Å². The van der Waals surface area contributed by atoms with Crippen molar-refractivity contribution >= 4 is 23.2 Å². The number of piperazine rings is 1. The number of aryl methyl sites for hydroxylation is 1. The molecule has 4 nitrogen and oxygen atoms in total. The van der Waals surface area contributed by atoms with Crippen LogP contribution >= 0.6 is 11.3 Å². The van der Waals surface area contributed by atoms with Crippen LogP contribution < -0.4 is 0 Å². The fraction of sp³-hybridized carbons (Fsp3) is 0.500. The zero-order valence-corrected chi connectivity index (χ0v) is 10.9. The highest BCUT2D eigenvalue weighted by Crippen LogP contribution is 2.18. The third-order valence-corrected chi connectivity index (χ3v) is 3.95. The first-order valence-corrected chi connectivity index (χ1v) is 6.51. The van der Waals surface area contributed by atoms with Crippen LogP contribution in [0.1, 0.15) is 21.5 Å². The van der Waals surface area contributed by atoms with Crippen LogP contribution in [-0.4, -0.2) is 47.8 Å². The molecule has 1 saturated heterocycles. The zero-order chi connectivity index (χ0) is 12.4. The van der Waals surface area contributed by atoms with Crippen molar-refractivity contribution in [3.8, 4) is 0 Å². The predicted octanol–water partition coefficient (Wildman–Crippen LogP) is 1.36. The van der Waals surface area contributed by atoms with Crippen LogP contribution in [0.3, 0.4) is 0 Å². The van der Waals surface area contributed by atoms with Gasteiger partial charge < -0.3 is 9.80 Å². The van der Waals surface area contributed by atoms with Gasteiger partial charge in [0.25, 0.3) is 5.91 Å². The molecule has 0 unspecified atom stereocenters. The highest BCUT2D eigenvalue weighted by atomic mass is 32.1. The molecule has 0 spiro atoms. The van der Waals surface area contributed by atoms with Gasteiger partial charge in [-0.1, -0.05) is 0 Å². The number of hydrogen-bond acceptors (Lipinski definition) is 3. The molecule has 1 aliphatic heterocycles. The Morgan fingerprint density at radius 2 is 1.71 bits per heavy atom. The van der Waals surface area contributed by atoms with Gasteiger partial charge in [-0.15, -0.1) is 11.3 Å². The maximum Gasteiger partial charge on any atom is 0.264 e. The summed E-state index contributed by atoms with van der Waals surface area (Å²) in [5, 5.41) is 0. The standard InChI is InChI=1S/C12H16N2O2S/c1-9-3-4-11(17-9)12(16)14-7-5-13(6-8-14)10(2)15/h3-4H,5-8H2,1-2H3. The molecule has 0 radical (unpaired) electrons. The summed E-state index contributed by atoms with van der Waals surface area (Å²) in [6.45, 7) is 6.12. The Bertz CT molecular complexity index is 433. The van der Waals surface area contributed by atoms with E-state index in [2.05, 4.69) is 0 Å². The second-order valence-electron chi connectivity index (χ2n) is 4.21. The molecular formula is C12H16N2O2S. The molecule has 0 aromatic carbocycles. The van der Waals surface area contributed by atoms with E-state index in [0.717, 1.165) is 9.75 Å². The highest BCUT2D eigenvalue weighted by molar-refractivity contribution is 7.13. The largest absolute Gasteiger partial charge is 0.339 e. The monoisotopic (exact) mass is 252 g/mol. The number of nitrogens with zero attached hydrogens (tertiary/aromatic N) is 2. The molecule has 92 valence electrons.